The molecule has 0 fully saturated rings. The topological polar surface area (TPSA) is 37.3 Å². The highest BCUT2D eigenvalue weighted by Crippen LogP contribution is 2.32. The molecule has 0 saturated heterocycles. The van der Waals surface area contributed by atoms with E-state index in [4.69, 9.17) is 5.11 Å². The van der Waals surface area contributed by atoms with Crippen LogP contribution in [0.2, 0.25) is 0 Å². The quantitative estimate of drug-likeness (QED) is 0.873. The number of hydrogen-bond acceptors (Lipinski definition) is 2. The molecular weight excluding hydrogens is 234 g/mol. The molecular formula is C11H6F2O2S. The van der Waals surface area contributed by atoms with Gasteiger partial charge < -0.3 is 5.11 Å². The van der Waals surface area contributed by atoms with Crippen molar-refractivity contribution < 1.29 is 18.7 Å². The summed E-state index contributed by atoms with van der Waals surface area (Å²) < 4.78 is 26.9. The van der Waals surface area contributed by atoms with Gasteiger partial charge in [-0.25, -0.2) is 13.6 Å². The molecule has 0 spiro atoms. The number of carboxylic acid groups (broad SMARTS) is 1. The van der Waals surface area contributed by atoms with E-state index in [-0.39, 0.29) is 16.0 Å². The van der Waals surface area contributed by atoms with Gasteiger partial charge in [-0.15, -0.1) is 11.3 Å². The van der Waals surface area contributed by atoms with E-state index in [1.165, 1.54) is 17.5 Å². The summed E-state index contributed by atoms with van der Waals surface area (Å²) in [5, 5.41) is 10.4. The third-order valence-corrected chi connectivity index (χ3v) is 2.99. The minimum Gasteiger partial charge on any atom is -0.477 e. The first-order valence-corrected chi connectivity index (χ1v) is 5.24. The highest BCUT2D eigenvalue weighted by molar-refractivity contribution is 7.12. The smallest absolute Gasteiger partial charge is 0.346 e. The van der Waals surface area contributed by atoms with E-state index in [1.54, 1.807) is 0 Å². The third kappa shape index (κ3) is 1.69. The van der Waals surface area contributed by atoms with Crippen LogP contribution in [0.15, 0.2) is 29.6 Å². The van der Waals surface area contributed by atoms with Crippen molar-refractivity contribution in [2.24, 2.45) is 0 Å². The SMILES string of the molecule is O=C(O)c1sccc1-c1c(F)cccc1F. The maximum Gasteiger partial charge on any atom is 0.346 e. The van der Waals surface area contributed by atoms with E-state index in [2.05, 4.69) is 0 Å². The molecule has 1 heterocycles. The van der Waals surface area contributed by atoms with Gasteiger partial charge in [0.25, 0.3) is 0 Å². The van der Waals surface area contributed by atoms with Crippen LogP contribution in [0, 0.1) is 11.6 Å². The maximum atomic E-state index is 13.4. The number of hydrogen-bond donors (Lipinski definition) is 1. The van der Waals surface area contributed by atoms with E-state index in [1.807, 2.05) is 0 Å². The Kier molecular flexibility index (Phi) is 2.70. The molecule has 0 aliphatic carbocycles. The molecule has 0 unspecified atom stereocenters. The van der Waals surface area contributed by atoms with Gasteiger partial charge in [0.1, 0.15) is 16.5 Å². The lowest BCUT2D eigenvalue weighted by atomic mass is 10.1. The molecule has 1 aromatic carbocycles. The fourth-order valence-corrected chi connectivity index (χ4v) is 2.16. The molecule has 2 rings (SSSR count). The minimum absolute atomic E-state index is 0.0657. The average molecular weight is 240 g/mol. The zero-order chi connectivity index (χ0) is 11.7. The largest absolute Gasteiger partial charge is 0.477 e. The molecule has 1 aromatic heterocycles. The number of carbonyl (C=O) groups is 1. The van der Waals surface area contributed by atoms with Crippen molar-refractivity contribution in [2.75, 3.05) is 0 Å². The standard InChI is InChI=1S/C11H6F2O2S/c12-7-2-1-3-8(13)9(7)6-4-5-16-10(6)11(14)15/h1-5H,(H,14,15). The van der Waals surface area contributed by atoms with E-state index >= 15 is 0 Å². The Hall–Kier alpha value is -1.75. The first-order chi connectivity index (χ1) is 7.61. The minimum atomic E-state index is -1.19. The van der Waals surface area contributed by atoms with Crippen LogP contribution in [0.4, 0.5) is 8.78 Å². The summed E-state index contributed by atoms with van der Waals surface area (Å²) in [6.45, 7) is 0. The molecule has 1 N–H and O–H groups in total. The van der Waals surface area contributed by atoms with Gasteiger partial charge in [0, 0.05) is 5.56 Å². The summed E-state index contributed by atoms with van der Waals surface area (Å²) in [5.41, 5.74) is -0.214. The van der Waals surface area contributed by atoms with Crippen molar-refractivity contribution in [3.8, 4) is 11.1 Å². The third-order valence-electron chi connectivity index (χ3n) is 2.09. The van der Waals surface area contributed by atoms with E-state index in [0.29, 0.717) is 0 Å². The molecule has 82 valence electrons. The van der Waals surface area contributed by atoms with Gasteiger partial charge in [0.15, 0.2) is 0 Å². The molecule has 16 heavy (non-hydrogen) atoms. The molecule has 0 amide bonds. The van der Waals surface area contributed by atoms with Gasteiger partial charge in [-0.3, -0.25) is 0 Å². The number of thiophene rings is 1. The van der Waals surface area contributed by atoms with Crippen LogP contribution < -0.4 is 0 Å². The Labute approximate surface area is 93.8 Å². The lowest BCUT2D eigenvalue weighted by Crippen LogP contribution is -1.97. The molecule has 2 aromatic rings. The number of aromatic carboxylic acids is 1. The molecule has 0 saturated carbocycles. The van der Waals surface area contributed by atoms with Gasteiger partial charge >= 0.3 is 5.97 Å². The number of halogens is 2. The van der Waals surface area contributed by atoms with Crippen LogP contribution in [0.3, 0.4) is 0 Å². The predicted molar refractivity (Wildman–Crippen MR) is 56.6 cm³/mol. The summed E-state index contributed by atoms with van der Waals surface area (Å²) in [6, 6.07) is 4.83. The van der Waals surface area contributed by atoms with Crippen molar-refractivity contribution in [3.63, 3.8) is 0 Å². The molecule has 5 heteroatoms. The van der Waals surface area contributed by atoms with Crippen molar-refractivity contribution >= 4 is 17.3 Å². The normalized spacial score (nSPS) is 10.4. The van der Waals surface area contributed by atoms with Gasteiger partial charge in [0.2, 0.25) is 0 Å². The molecule has 0 aliphatic rings. The lowest BCUT2D eigenvalue weighted by Gasteiger charge is -2.03. The Morgan fingerprint density at radius 1 is 1.19 bits per heavy atom. The maximum absolute atomic E-state index is 13.4. The van der Waals surface area contributed by atoms with Gasteiger partial charge in [-0.2, -0.15) is 0 Å². The Morgan fingerprint density at radius 2 is 1.81 bits per heavy atom. The Balaban J connectivity index is 2.68. The van der Waals surface area contributed by atoms with Crippen LogP contribution in [0.1, 0.15) is 9.67 Å². The summed E-state index contributed by atoms with van der Waals surface area (Å²) in [5.74, 6) is -2.71. The van der Waals surface area contributed by atoms with Crippen LogP contribution >= 0.6 is 11.3 Å². The fourth-order valence-electron chi connectivity index (χ4n) is 1.43. The molecule has 0 bridgehead atoms. The van der Waals surface area contributed by atoms with E-state index < -0.39 is 17.6 Å². The molecule has 0 radical (unpaired) electrons. The Morgan fingerprint density at radius 3 is 2.38 bits per heavy atom. The second kappa shape index (κ2) is 4.02. The molecule has 0 aliphatic heterocycles. The second-order valence-electron chi connectivity index (χ2n) is 3.07. The van der Waals surface area contributed by atoms with Crippen LogP contribution in [-0.4, -0.2) is 11.1 Å². The highest BCUT2D eigenvalue weighted by Gasteiger charge is 2.19. The summed E-state index contributed by atoms with van der Waals surface area (Å²) in [6.07, 6.45) is 0. The van der Waals surface area contributed by atoms with Crippen LogP contribution in [-0.2, 0) is 0 Å². The van der Waals surface area contributed by atoms with Crippen molar-refractivity contribution in [2.45, 2.75) is 0 Å². The van der Waals surface area contributed by atoms with Crippen molar-refractivity contribution in [3.05, 3.63) is 46.2 Å². The summed E-state index contributed by atoms with van der Waals surface area (Å²) in [4.78, 5) is 10.8. The number of rotatable bonds is 2. The van der Waals surface area contributed by atoms with E-state index in [0.717, 1.165) is 23.5 Å². The van der Waals surface area contributed by atoms with Gasteiger partial charge in [-0.1, -0.05) is 6.07 Å². The Bertz CT molecular complexity index is 528. The van der Waals surface area contributed by atoms with Crippen LogP contribution in [0.25, 0.3) is 11.1 Å². The zero-order valence-corrected chi connectivity index (χ0v) is 8.72. The van der Waals surface area contributed by atoms with Crippen molar-refractivity contribution in [1.82, 2.24) is 0 Å². The zero-order valence-electron chi connectivity index (χ0n) is 7.91. The monoisotopic (exact) mass is 240 g/mol. The first-order valence-electron chi connectivity index (χ1n) is 4.36. The highest BCUT2D eigenvalue weighted by atomic mass is 32.1. The first kappa shape index (κ1) is 10.8. The van der Waals surface area contributed by atoms with E-state index in [9.17, 15) is 13.6 Å². The second-order valence-corrected chi connectivity index (χ2v) is 3.98. The average Bonchev–Trinajstić information content (AvgIpc) is 2.66. The lowest BCUT2D eigenvalue weighted by molar-refractivity contribution is 0.0703. The summed E-state index contributed by atoms with van der Waals surface area (Å²) in [7, 11) is 0. The number of benzene rings is 1. The number of carboxylic acids is 1. The summed E-state index contributed by atoms with van der Waals surface area (Å²) >= 11 is 0.937. The molecule has 0 atom stereocenters. The van der Waals surface area contributed by atoms with Crippen molar-refractivity contribution in [1.29, 1.82) is 0 Å². The predicted octanol–water partition coefficient (Wildman–Crippen LogP) is 3.39. The van der Waals surface area contributed by atoms with Gasteiger partial charge in [0.05, 0.1) is 5.56 Å². The van der Waals surface area contributed by atoms with Crippen LogP contribution in [0.5, 0.6) is 0 Å². The molecule has 2 nitrogen and oxygen atoms in total. The fraction of sp³-hybridized carbons (Fsp3) is 0. The van der Waals surface area contributed by atoms with Gasteiger partial charge in [-0.05, 0) is 23.6 Å².